The number of nitrogen functional groups attached to an aromatic ring is 1. The molecule has 5 N–H and O–H groups in total. The van der Waals surface area contributed by atoms with E-state index in [1.54, 1.807) is 39.1 Å². The van der Waals surface area contributed by atoms with Gasteiger partial charge >= 0.3 is 0 Å². The van der Waals surface area contributed by atoms with Crippen molar-refractivity contribution < 1.29 is 13.2 Å². The fourth-order valence-electron chi connectivity index (χ4n) is 1.86. The molecule has 1 aromatic carbocycles. The van der Waals surface area contributed by atoms with Crippen molar-refractivity contribution >= 4 is 27.3 Å². The first-order valence-electron chi connectivity index (χ1n) is 6.38. The number of hydrogen-bond acceptors (Lipinski definition) is 5. The van der Waals surface area contributed by atoms with Gasteiger partial charge in [0.15, 0.2) is 0 Å². The Morgan fingerprint density at radius 3 is 2.43 bits per heavy atom. The topological polar surface area (TPSA) is 113 Å². The first-order chi connectivity index (χ1) is 9.54. The van der Waals surface area contributed by atoms with Gasteiger partial charge in [-0.05, 0) is 32.0 Å². The second kappa shape index (κ2) is 6.31. The molecule has 7 nitrogen and oxygen atoms in total. The SMILES string of the molecule is CNC(=O)c1ccc(NCC(C)(C)NS(C)(=O)=O)c(N)c1. The molecule has 0 aliphatic heterocycles. The minimum absolute atomic E-state index is 0.215. The highest BCUT2D eigenvalue weighted by molar-refractivity contribution is 7.88. The number of carbonyl (C=O) groups excluding carboxylic acids is 1. The molecule has 0 saturated carbocycles. The number of benzene rings is 1. The Morgan fingerprint density at radius 2 is 1.95 bits per heavy atom. The van der Waals surface area contributed by atoms with Gasteiger partial charge in [0.2, 0.25) is 10.0 Å². The van der Waals surface area contributed by atoms with E-state index < -0.39 is 15.6 Å². The van der Waals surface area contributed by atoms with Crippen molar-refractivity contribution in [2.45, 2.75) is 19.4 Å². The maximum Gasteiger partial charge on any atom is 0.251 e. The third-order valence-electron chi connectivity index (χ3n) is 2.72. The lowest BCUT2D eigenvalue weighted by Crippen LogP contribution is -2.47. The van der Waals surface area contributed by atoms with Crippen LogP contribution in [0.3, 0.4) is 0 Å². The van der Waals surface area contributed by atoms with Crippen LogP contribution in [0.25, 0.3) is 0 Å². The lowest BCUT2D eigenvalue weighted by molar-refractivity contribution is 0.0963. The number of carbonyl (C=O) groups is 1. The number of amides is 1. The van der Waals surface area contributed by atoms with E-state index in [1.807, 2.05) is 0 Å². The second-order valence-corrected chi connectivity index (χ2v) is 7.24. The van der Waals surface area contributed by atoms with Gasteiger partial charge in [0.05, 0.1) is 17.6 Å². The molecule has 118 valence electrons. The molecule has 0 saturated heterocycles. The van der Waals surface area contributed by atoms with Gasteiger partial charge in [-0.2, -0.15) is 0 Å². The van der Waals surface area contributed by atoms with E-state index in [0.717, 1.165) is 6.26 Å². The molecule has 0 spiro atoms. The summed E-state index contributed by atoms with van der Waals surface area (Å²) < 4.78 is 25.1. The standard InChI is InChI=1S/C13H22N4O3S/c1-13(2,17-21(4,19)20)8-16-11-6-5-9(7-10(11)14)12(18)15-3/h5-7,16-17H,8,14H2,1-4H3,(H,15,18). The molecular formula is C13H22N4O3S. The average molecular weight is 314 g/mol. The number of rotatable bonds is 6. The summed E-state index contributed by atoms with van der Waals surface area (Å²) in [7, 11) is -1.75. The molecular weight excluding hydrogens is 292 g/mol. The molecule has 0 heterocycles. The molecule has 0 radical (unpaired) electrons. The van der Waals surface area contributed by atoms with Crippen molar-refractivity contribution in [2.75, 3.05) is 30.9 Å². The number of sulfonamides is 1. The summed E-state index contributed by atoms with van der Waals surface area (Å²) in [5.74, 6) is -0.215. The molecule has 21 heavy (non-hydrogen) atoms. The van der Waals surface area contributed by atoms with Crippen LogP contribution >= 0.6 is 0 Å². The molecule has 0 aliphatic rings. The van der Waals surface area contributed by atoms with Crippen LogP contribution in [-0.4, -0.2) is 39.7 Å². The van der Waals surface area contributed by atoms with Crippen LogP contribution in [0.2, 0.25) is 0 Å². The van der Waals surface area contributed by atoms with Gasteiger partial charge in [-0.1, -0.05) is 0 Å². The zero-order valence-corrected chi connectivity index (χ0v) is 13.5. The second-order valence-electron chi connectivity index (χ2n) is 5.49. The highest BCUT2D eigenvalue weighted by Gasteiger charge is 2.22. The molecule has 0 unspecified atom stereocenters. The summed E-state index contributed by atoms with van der Waals surface area (Å²) in [6.45, 7) is 3.87. The van der Waals surface area contributed by atoms with Gasteiger partial charge in [0.1, 0.15) is 0 Å². The zero-order chi connectivity index (χ0) is 16.3. The first-order valence-corrected chi connectivity index (χ1v) is 8.28. The summed E-state index contributed by atoms with van der Waals surface area (Å²) in [6.07, 6.45) is 1.11. The van der Waals surface area contributed by atoms with Gasteiger partial charge in [-0.3, -0.25) is 4.79 Å². The minimum Gasteiger partial charge on any atom is -0.397 e. The number of anilines is 2. The van der Waals surface area contributed by atoms with Gasteiger partial charge in [0.25, 0.3) is 5.91 Å². The van der Waals surface area contributed by atoms with Crippen molar-refractivity contribution in [3.63, 3.8) is 0 Å². The van der Waals surface area contributed by atoms with Crippen molar-refractivity contribution in [3.05, 3.63) is 23.8 Å². The maximum atomic E-state index is 11.5. The third-order valence-corrected chi connectivity index (χ3v) is 3.65. The van der Waals surface area contributed by atoms with E-state index in [2.05, 4.69) is 15.4 Å². The van der Waals surface area contributed by atoms with Crippen molar-refractivity contribution in [1.29, 1.82) is 0 Å². The van der Waals surface area contributed by atoms with Crippen LogP contribution in [0.5, 0.6) is 0 Å². The summed E-state index contributed by atoms with van der Waals surface area (Å²) in [6, 6.07) is 4.91. The normalized spacial score (nSPS) is 12.0. The number of nitrogens with two attached hydrogens (primary N) is 1. The lowest BCUT2D eigenvalue weighted by Gasteiger charge is -2.26. The smallest absolute Gasteiger partial charge is 0.251 e. The predicted molar refractivity (Wildman–Crippen MR) is 84.8 cm³/mol. The predicted octanol–water partition coefficient (Wildman–Crippen LogP) is 0.368. The van der Waals surface area contributed by atoms with Crippen molar-refractivity contribution in [3.8, 4) is 0 Å². The molecule has 0 fully saturated rings. The van der Waals surface area contributed by atoms with Crippen LogP contribution in [0, 0.1) is 0 Å². The van der Waals surface area contributed by atoms with Crippen LogP contribution in [-0.2, 0) is 10.0 Å². The Kier molecular flexibility index (Phi) is 5.19. The summed E-state index contributed by atoms with van der Waals surface area (Å²) in [5, 5.41) is 5.59. The summed E-state index contributed by atoms with van der Waals surface area (Å²) >= 11 is 0. The Labute approximate surface area is 125 Å². The van der Waals surface area contributed by atoms with Crippen molar-refractivity contribution in [2.24, 2.45) is 0 Å². The molecule has 0 bridgehead atoms. The summed E-state index contributed by atoms with van der Waals surface area (Å²) in [5.41, 5.74) is 6.76. The molecule has 1 rings (SSSR count). The largest absolute Gasteiger partial charge is 0.397 e. The van der Waals surface area contributed by atoms with Gasteiger partial charge in [0, 0.05) is 24.7 Å². The molecule has 8 heteroatoms. The monoisotopic (exact) mass is 314 g/mol. The van der Waals surface area contributed by atoms with Crippen LogP contribution in [0.4, 0.5) is 11.4 Å². The molecule has 0 aromatic heterocycles. The van der Waals surface area contributed by atoms with Gasteiger partial charge in [-0.25, -0.2) is 13.1 Å². The van der Waals surface area contributed by atoms with Crippen LogP contribution < -0.4 is 21.1 Å². The quantitative estimate of drug-likeness (QED) is 0.567. The number of nitrogens with one attached hydrogen (secondary N) is 3. The fraction of sp³-hybridized carbons (Fsp3) is 0.462. The molecule has 1 amide bonds. The Morgan fingerprint density at radius 1 is 1.33 bits per heavy atom. The van der Waals surface area contributed by atoms with E-state index in [-0.39, 0.29) is 5.91 Å². The van der Waals surface area contributed by atoms with Gasteiger partial charge in [-0.15, -0.1) is 0 Å². The van der Waals surface area contributed by atoms with Crippen molar-refractivity contribution in [1.82, 2.24) is 10.0 Å². The Hall–Kier alpha value is -1.80. The molecule has 1 aromatic rings. The number of hydrogen-bond donors (Lipinski definition) is 4. The van der Waals surface area contributed by atoms with E-state index in [9.17, 15) is 13.2 Å². The highest BCUT2D eigenvalue weighted by atomic mass is 32.2. The van der Waals surface area contributed by atoms with E-state index in [0.29, 0.717) is 23.5 Å². The zero-order valence-electron chi connectivity index (χ0n) is 12.6. The van der Waals surface area contributed by atoms with Crippen LogP contribution in [0.15, 0.2) is 18.2 Å². The van der Waals surface area contributed by atoms with E-state index in [4.69, 9.17) is 5.73 Å². The van der Waals surface area contributed by atoms with Crippen LogP contribution in [0.1, 0.15) is 24.2 Å². The fourth-order valence-corrected chi connectivity index (χ4v) is 2.94. The Balaban J connectivity index is 2.78. The van der Waals surface area contributed by atoms with Gasteiger partial charge < -0.3 is 16.4 Å². The van der Waals surface area contributed by atoms with E-state index >= 15 is 0 Å². The lowest BCUT2D eigenvalue weighted by atomic mass is 10.1. The third kappa shape index (κ3) is 5.60. The highest BCUT2D eigenvalue weighted by Crippen LogP contribution is 2.20. The minimum atomic E-state index is -3.29. The maximum absolute atomic E-state index is 11.5. The molecule has 0 aliphatic carbocycles. The summed E-state index contributed by atoms with van der Waals surface area (Å²) in [4.78, 5) is 11.5. The molecule has 0 atom stereocenters. The van der Waals surface area contributed by atoms with E-state index in [1.165, 1.54) is 0 Å². The average Bonchev–Trinajstić information content (AvgIpc) is 2.33. The Bertz CT molecular complexity index is 626. The first kappa shape index (κ1) is 17.3.